The second-order valence-electron chi connectivity index (χ2n) is 4.89. The van der Waals surface area contributed by atoms with Crippen LogP contribution < -0.4 is 16.4 Å². The van der Waals surface area contributed by atoms with Gasteiger partial charge in [-0.2, -0.15) is 0 Å². The van der Waals surface area contributed by atoms with Crippen LogP contribution in [0.4, 0.5) is 5.13 Å². The fourth-order valence-corrected chi connectivity index (χ4v) is 4.06. The van der Waals surface area contributed by atoms with Crippen molar-refractivity contribution in [2.24, 2.45) is 5.73 Å². The predicted octanol–water partition coefficient (Wildman–Crippen LogP) is 2.16. The van der Waals surface area contributed by atoms with E-state index in [1.807, 2.05) is 6.07 Å². The van der Waals surface area contributed by atoms with E-state index < -0.39 is 5.91 Å². The highest BCUT2D eigenvalue weighted by Gasteiger charge is 2.13. The number of benzene rings is 1. The summed E-state index contributed by atoms with van der Waals surface area (Å²) < 4.78 is 1.59. The summed E-state index contributed by atoms with van der Waals surface area (Å²) in [5, 5.41) is 5.58. The van der Waals surface area contributed by atoms with Gasteiger partial charge in [0, 0.05) is 10.0 Å². The van der Waals surface area contributed by atoms with E-state index in [2.05, 4.69) is 31.5 Å². The molecule has 25 heavy (non-hydrogen) atoms. The largest absolute Gasteiger partial charge is 0.369 e. The van der Waals surface area contributed by atoms with Gasteiger partial charge >= 0.3 is 0 Å². The van der Waals surface area contributed by atoms with Crippen molar-refractivity contribution in [2.75, 3.05) is 17.6 Å². The maximum absolute atomic E-state index is 12.0. The molecule has 1 heterocycles. The molecule has 10 heteroatoms. The van der Waals surface area contributed by atoms with Gasteiger partial charge in [0.05, 0.1) is 22.2 Å². The molecular weight excluding hydrogens is 428 g/mol. The molecule has 0 aliphatic heterocycles. The van der Waals surface area contributed by atoms with Gasteiger partial charge < -0.3 is 16.4 Å². The van der Waals surface area contributed by atoms with Crippen molar-refractivity contribution < 1.29 is 14.4 Å². The first-order chi connectivity index (χ1) is 11.8. The van der Waals surface area contributed by atoms with Gasteiger partial charge in [-0.05, 0) is 25.1 Å². The summed E-state index contributed by atoms with van der Waals surface area (Å²) in [6.07, 6.45) is 0. The quantitative estimate of drug-likeness (QED) is 0.568. The van der Waals surface area contributed by atoms with Gasteiger partial charge in [0.2, 0.25) is 11.8 Å². The molecule has 1 aromatic heterocycles. The van der Waals surface area contributed by atoms with E-state index in [0.717, 1.165) is 8.68 Å². The molecule has 0 bridgehead atoms. The highest BCUT2D eigenvalue weighted by Crippen LogP contribution is 2.31. The Morgan fingerprint density at radius 1 is 1.36 bits per heavy atom. The zero-order valence-electron chi connectivity index (χ0n) is 13.2. The number of carbonyl (C=O) groups excluding carboxylic acids is 3. The Hall–Kier alpha value is -1.91. The minimum atomic E-state index is -0.418. The highest BCUT2D eigenvalue weighted by atomic mass is 79.9. The van der Waals surface area contributed by atoms with Crippen LogP contribution in [-0.2, 0) is 9.59 Å². The third kappa shape index (κ3) is 6.15. The molecule has 0 radical (unpaired) electrons. The minimum Gasteiger partial charge on any atom is -0.369 e. The van der Waals surface area contributed by atoms with Crippen molar-refractivity contribution in [3.05, 3.63) is 40.0 Å². The number of aryl methyl sites for hydroxylation is 1. The SMILES string of the molecule is Cc1nc(NC(=O)CNC(=O)c2cccc(Br)c2)sc1SCC(N)=O. The number of thioether (sulfide) groups is 1. The Bertz CT molecular complexity index is 810. The number of hydrogen-bond donors (Lipinski definition) is 3. The molecule has 0 saturated heterocycles. The normalized spacial score (nSPS) is 10.3. The fraction of sp³-hybridized carbons (Fsp3) is 0.200. The van der Waals surface area contributed by atoms with Crippen LogP contribution in [-0.4, -0.2) is 35.0 Å². The molecule has 0 atom stereocenters. The lowest BCUT2D eigenvalue weighted by Crippen LogP contribution is -2.32. The van der Waals surface area contributed by atoms with E-state index in [4.69, 9.17) is 5.73 Å². The van der Waals surface area contributed by atoms with Crippen LogP contribution in [0, 0.1) is 6.92 Å². The van der Waals surface area contributed by atoms with Crippen LogP contribution in [0.2, 0.25) is 0 Å². The van der Waals surface area contributed by atoms with E-state index in [-0.39, 0.29) is 24.1 Å². The summed E-state index contributed by atoms with van der Waals surface area (Å²) in [6, 6.07) is 6.87. The van der Waals surface area contributed by atoms with Crippen LogP contribution >= 0.6 is 39.0 Å². The molecule has 7 nitrogen and oxygen atoms in total. The molecule has 1 aromatic carbocycles. The van der Waals surface area contributed by atoms with Gasteiger partial charge in [-0.25, -0.2) is 4.98 Å². The van der Waals surface area contributed by atoms with Crippen LogP contribution in [0.25, 0.3) is 0 Å². The number of rotatable bonds is 7. The molecule has 0 aliphatic carbocycles. The maximum atomic E-state index is 12.0. The lowest BCUT2D eigenvalue weighted by atomic mass is 10.2. The average Bonchev–Trinajstić information content (AvgIpc) is 2.90. The highest BCUT2D eigenvalue weighted by molar-refractivity contribution is 9.10. The van der Waals surface area contributed by atoms with Gasteiger partial charge in [0.1, 0.15) is 0 Å². The van der Waals surface area contributed by atoms with Gasteiger partial charge in [0.25, 0.3) is 5.91 Å². The zero-order chi connectivity index (χ0) is 18.4. The molecule has 0 aliphatic rings. The molecule has 0 spiro atoms. The molecule has 0 saturated carbocycles. The monoisotopic (exact) mass is 442 g/mol. The zero-order valence-corrected chi connectivity index (χ0v) is 16.4. The number of primary amides is 1. The molecule has 2 rings (SSSR count). The first-order valence-electron chi connectivity index (χ1n) is 7.07. The summed E-state index contributed by atoms with van der Waals surface area (Å²) in [5.74, 6) is -0.995. The van der Waals surface area contributed by atoms with E-state index >= 15 is 0 Å². The lowest BCUT2D eigenvalue weighted by Gasteiger charge is -2.05. The molecule has 0 unspecified atom stereocenters. The topological polar surface area (TPSA) is 114 Å². The lowest BCUT2D eigenvalue weighted by molar-refractivity contribution is -0.116. The average molecular weight is 443 g/mol. The van der Waals surface area contributed by atoms with Gasteiger partial charge in [-0.15, -0.1) is 11.8 Å². The Kier molecular flexibility index (Phi) is 6.97. The van der Waals surface area contributed by atoms with Crippen molar-refractivity contribution in [3.63, 3.8) is 0 Å². The Labute approximate surface area is 160 Å². The fourth-order valence-electron chi connectivity index (χ4n) is 1.76. The van der Waals surface area contributed by atoms with E-state index in [9.17, 15) is 14.4 Å². The van der Waals surface area contributed by atoms with E-state index in [1.54, 1.807) is 25.1 Å². The third-order valence-electron chi connectivity index (χ3n) is 2.84. The van der Waals surface area contributed by atoms with Gasteiger partial charge in [-0.3, -0.25) is 14.4 Å². The number of hydrogen-bond acceptors (Lipinski definition) is 6. The van der Waals surface area contributed by atoms with Crippen molar-refractivity contribution in [1.29, 1.82) is 0 Å². The third-order valence-corrected chi connectivity index (χ3v) is 5.79. The van der Waals surface area contributed by atoms with Crippen molar-refractivity contribution in [1.82, 2.24) is 10.3 Å². The van der Waals surface area contributed by atoms with Crippen LogP contribution in [0.5, 0.6) is 0 Å². The van der Waals surface area contributed by atoms with E-state index in [0.29, 0.717) is 16.4 Å². The van der Waals surface area contributed by atoms with E-state index in [1.165, 1.54) is 23.1 Å². The maximum Gasteiger partial charge on any atom is 0.251 e. The van der Waals surface area contributed by atoms with Crippen LogP contribution in [0.3, 0.4) is 0 Å². The number of amides is 3. The Morgan fingerprint density at radius 2 is 2.12 bits per heavy atom. The molecular formula is C15H15BrN4O3S2. The van der Waals surface area contributed by atoms with Gasteiger partial charge in [0.15, 0.2) is 5.13 Å². The number of nitrogens with two attached hydrogens (primary N) is 1. The molecule has 4 N–H and O–H groups in total. The second kappa shape index (κ2) is 8.97. The van der Waals surface area contributed by atoms with Crippen LogP contribution in [0.15, 0.2) is 32.9 Å². The molecule has 2 aromatic rings. The Morgan fingerprint density at radius 3 is 2.80 bits per heavy atom. The molecule has 0 fully saturated rings. The first-order valence-corrected chi connectivity index (χ1v) is 9.67. The Balaban J connectivity index is 1.87. The number of anilines is 1. The second-order valence-corrected chi connectivity index (χ2v) is 8.05. The number of carbonyl (C=O) groups is 3. The summed E-state index contributed by atoms with van der Waals surface area (Å²) in [5.41, 5.74) is 6.28. The van der Waals surface area contributed by atoms with Gasteiger partial charge in [-0.1, -0.05) is 33.3 Å². The number of aromatic nitrogens is 1. The summed E-state index contributed by atoms with van der Waals surface area (Å²) in [7, 11) is 0. The smallest absolute Gasteiger partial charge is 0.251 e. The number of nitrogens with one attached hydrogen (secondary N) is 2. The number of halogens is 1. The number of thiazole rings is 1. The molecule has 3 amide bonds. The minimum absolute atomic E-state index is 0.152. The summed E-state index contributed by atoms with van der Waals surface area (Å²) in [6.45, 7) is 1.61. The first kappa shape index (κ1) is 19.4. The summed E-state index contributed by atoms with van der Waals surface area (Å²) in [4.78, 5) is 39.0. The standard InChI is InChI=1S/C15H15BrN4O3S2/c1-8-14(24-7-11(17)21)25-15(19-8)20-12(22)6-18-13(23)9-3-2-4-10(16)5-9/h2-5H,6-7H2,1H3,(H2,17,21)(H,18,23)(H,19,20,22). The predicted molar refractivity (Wildman–Crippen MR) is 102 cm³/mol. The van der Waals surface area contributed by atoms with Crippen LogP contribution in [0.1, 0.15) is 16.1 Å². The summed E-state index contributed by atoms with van der Waals surface area (Å²) >= 11 is 5.82. The van der Waals surface area contributed by atoms with Crippen molar-refractivity contribution in [3.8, 4) is 0 Å². The van der Waals surface area contributed by atoms with Crippen molar-refractivity contribution >= 4 is 61.9 Å². The number of nitrogens with zero attached hydrogens (tertiary/aromatic N) is 1. The molecule has 132 valence electrons. The van der Waals surface area contributed by atoms with Crippen molar-refractivity contribution in [2.45, 2.75) is 11.1 Å².